The molecule has 1 saturated heterocycles. The number of aromatic nitrogens is 4. The maximum atomic E-state index is 12.3. The molecule has 24 heavy (non-hydrogen) atoms. The predicted molar refractivity (Wildman–Crippen MR) is 89.9 cm³/mol. The fraction of sp³-hybridized carbons (Fsp3) is 0.294. The first-order chi connectivity index (χ1) is 11.7. The van der Waals surface area contributed by atoms with Gasteiger partial charge in [-0.2, -0.15) is 10.4 Å². The summed E-state index contributed by atoms with van der Waals surface area (Å²) in [4.78, 5) is 21.4. The summed E-state index contributed by atoms with van der Waals surface area (Å²) in [5.41, 5.74) is 2.00. The van der Waals surface area contributed by atoms with Gasteiger partial charge in [-0.15, -0.1) is 0 Å². The van der Waals surface area contributed by atoms with E-state index in [9.17, 15) is 10.1 Å². The van der Waals surface area contributed by atoms with Gasteiger partial charge in [0.1, 0.15) is 11.6 Å². The first-order valence-corrected chi connectivity index (χ1v) is 7.84. The number of aromatic amines is 1. The van der Waals surface area contributed by atoms with E-state index in [0.29, 0.717) is 11.2 Å². The monoisotopic (exact) mass is 320 g/mol. The molecular formula is C17H16N6O. The van der Waals surface area contributed by atoms with Crippen LogP contribution in [0.15, 0.2) is 35.5 Å². The first kappa shape index (κ1) is 14.5. The smallest absolute Gasteiger partial charge is 0.268 e. The van der Waals surface area contributed by atoms with Gasteiger partial charge in [0, 0.05) is 36.6 Å². The third-order valence-electron chi connectivity index (χ3n) is 4.50. The summed E-state index contributed by atoms with van der Waals surface area (Å²) in [7, 11) is 0. The molecular weight excluding hydrogens is 304 g/mol. The van der Waals surface area contributed by atoms with Crippen molar-refractivity contribution in [3.63, 3.8) is 0 Å². The molecule has 3 aromatic heterocycles. The highest BCUT2D eigenvalue weighted by molar-refractivity contribution is 5.94. The van der Waals surface area contributed by atoms with E-state index in [1.807, 2.05) is 29.9 Å². The molecule has 0 bridgehead atoms. The summed E-state index contributed by atoms with van der Waals surface area (Å²) >= 11 is 0. The van der Waals surface area contributed by atoms with Crippen LogP contribution in [0.1, 0.15) is 23.7 Å². The van der Waals surface area contributed by atoms with Crippen molar-refractivity contribution in [1.29, 1.82) is 5.26 Å². The number of aryl methyl sites for hydroxylation is 1. The third kappa shape index (κ3) is 2.24. The maximum Gasteiger partial charge on any atom is 0.268 e. The number of hydrogen-bond acceptors (Lipinski definition) is 5. The van der Waals surface area contributed by atoms with Crippen LogP contribution in [0.2, 0.25) is 0 Å². The van der Waals surface area contributed by atoms with Crippen molar-refractivity contribution < 1.29 is 0 Å². The van der Waals surface area contributed by atoms with Crippen molar-refractivity contribution in [2.75, 3.05) is 18.0 Å². The molecule has 4 heterocycles. The molecule has 0 aliphatic carbocycles. The first-order valence-electron chi connectivity index (χ1n) is 7.84. The minimum Gasteiger partial charge on any atom is -0.368 e. The van der Waals surface area contributed by atoms with Crippen LogP contribution in [0.25, 0.3) is 10.9 Å². The van der Waals surface area contributed by atoms with E-state index >= 15 is 0 Å². The SMILES string of the molecule is Cc1cc2c(N3CC[C@@H](n4cccn4)C3)c(C#N)c(=O)[nH]c2cn1. The van der Waals surface area contributed by atoms with Crippen molar-refractivity contribution >= 4 is 16.6 Å². The topological polar surface area (TPSA) is 90.6 Å². The van der Waals surface area contributed by atoms with E-state index in [1.54, 1.807) is 12.4 Å². The van der Waals surface area contributed by atoms with Crippen LogP contribution in [0, 0.1) is 18.3 Å². The molecule has 0 unspecified atom stereocenters. The Balaban J connectivity index is 1.85. The lowest BCUT2D eigenvalue weighted by Gasteiger charge is -2.21. The highest BCUT2D eigenvalue weighted by atomic mass is 16.1. The predicted octanol–water partition coefficient (Wildman–Crippen LogP) is 1.75. The Kier molecular flexibility index (Phi) is 3.31. The second kappa shape index (κ2) is 5.49. The molecule has 1 aliphatic heterocycles. The van der Waals surface area contributed by atoms with Crippen LogP contribution in [0.4, 0.5) is 5.69 Å². The van der Waals surface area contributed by atoms with Gasteiger partial charge in [0.15, 0.2) is 0 Å². The average Bonchev–Trinajstić information content (AvgIpc) is 3.25. The molecule has 0 spiro atoms. The van der Waals surface area contributed by atoms with Gasteiger partial charge in [-0.3, -0.25) is 14.5 Å². The normalized spacial score (nSPS) is 17.3. The Morgan fingerprint density at radius 2 is 2.33 bits per heavy atom. The van der Waals surface area contributed by atoms with E-state index in [-0.39, 0.29) is 17.2 Å². The molecule has 7 heteroatoms. The minimum absolute atomic E-state index is 0.161. The second-order valence-corrected chi connectivity index (χ2v) is 6.04. The van der Waals surface area contributed by atoms with Crippen LogP contribution in [-0.2, 0) is 0 Å². The van der Waals surface area contributed by atoms with E-state index in [1.165, 1.54) is 0 Å². The van der Waals surface area contributed by atoms with Crippen molar-refractivity contribution in [2.45, 2.75) is 19.4 Å². The summed E-state index contributed by atoms with van der Waals surface area (Å²) in [6, 6.07) is 6.14. The summed E-state index contributed by atoms with van der Waals surface area (Å²) < 4.78 is 1.94. The molecule has 0 amide bonds. The van der Waals surface area contributed by atoms with Gasteiger partial charge >= 0.3 is 0 Å². The number of pyridine rings is 2. The van der Waals surface area contributed by atoms with Gasteiger partial charge in [-0.05, 0) is 25.5 Å². The molecule has 1 atom stereocenters. The number of nitrogens with zero attached hydrogens (tertiary/aromatic N) is 5. The quantitative estimate of drug-likeness (QED) is 0.777. The number of fused-ring (bicyclic) bond motifs is 1. The molecule has 0 aromatic carbocycles. The Morgan fingerprint density at radius 3 is 3.08 bits per heavy atom. The van der Waals surface area contributed by atoms with Gasteiger partial charge in [0.25, 0.3) is 5.56 Å². The van der Waals surface area contributed by atoms with E-state index in [4.69, 9.17) is 0 Å². The maximum absolute atomic E-state index is 12.3. The van der Waals surface area contributed by atoms with Crippen LogP contribution in [0.3, 0.4) is 0 Å². The largest absolute Gasteiger partial charge is 0.368 e. The van der Waals surface area contributed by atoms with Gasteiger partial charge in [0.2, 0.25) is 0 Å². The standard InChI is InChI=1S/C17H16N6O/c1-11-7-13-15(9-19-11)21-17(24)14(8-18)16(13)22-6-3-12(10-22)23-5-2-4-20-23/h2,4-5,7,9,12H,3,6,10H2,1H3,(H,21,24)/t12-/m1/s1. The number of rotatable bonds is 2. The number of nitrogens with one attached hydrogen (secondary N) is 1. The van der Waals surface area contributed by atoms with Crippen molar-refractivity contribution in [1.82, 2.24) is 19.7 Å². The lowest BCUT2D eigenvalue weighted by atomic mass is 10.1. The van der Waals surface area contributed by atoms with Gasteiger partial charge in [-0.25, -0.2) is 0 Å². The Labute approximate surface area is 138 Å². The number of anilines is 1. The summed E-state index contributed by atoms with van der Waals surface area (Å²) in [5, 5.41) is 14.7. The van der Waals surface area contributed by atoms with Crippen LogP contribution in [-0.4, -0.2) is 32.8 Å². The Bertz CT molecular complexity index is 998. The third-order valence-corrected chi connectivity index (χ3v) is 4.50. The van der Waals surface area contributed by atoms with E-state index in [2.05, 4.69) is 26.0 Å². The molecule has 1 N–H and O–H groups in total. The molecule has 3 aromatic rings. The van der Waals surface area contributed by atoms with Gasteiger partial charge in [-0.1, -0.05) is 0 Å². The Morgan fingerprint density at radius 1 is 1.46 bits per heavy atom. The van der Waals surface area contributed by atoms with Gasteiger partial charge < -0.3 is 9.88 Å². The zero-order valence-corrected chi connectivity index (χ0v) is 13.2. The lowest BCUT2D eigenvalue weighted by Crippen LogP contribution is -2.25. The van der Waals surface area contributed by atoms with Gasteiger partial charge in [0.05, 0.1) is 23.4 Å². The fourth-order valence-corrected chi connectivity index (χ4v) is 3.37. The fourth-order valence-electron chi connectivity index (χ4n) is 3.37. The molecule has 0 radical (unpaired) electrons. The molecule has 4 rings (SSSR count). The zero-order valence-electron chi connectivity index (χ0n) is 13.2. The summed E-state index contributed by atoms with van der Waals surface area (Å²) in [6.45, 7) is 3.40. The molecule has 120 valence electrons. The van der Waals surface area contributed by atoms with Crippen LogP contribution >= 0.6 is 0 Å². The molecule has 0 saturated carbocycles. The summed E-state index contributed by atoms with van der Waals surface area (Å²) in [6.07, 6.45) is 6.28. The van der Waals surface area contributed by atoms with E-state index < -0.39 is 0 Å². The lowest BCUT2D eigenvalue weighted by molar-refractivity contribution is 0.495. The second-order valence-electron chi connectivity index (χ2n) is 6.04. The van der Waals surface area contributed by atoms with Crippen LogP contribution < -0.4 is 10.5 Å². The van der Waals surface area contributed by atoms with Crippen molar-refractivity contribution in [2.24, 2.45) is 0 Å². The molecule has 1 fully saturated rings. The number of nitriles is 1. The average molecular weight is 320 g/mol. The summed E-state index contributed by atoms with van der Waals surface area (Å²) in [5.74, 6) is 0. The van der Waals surface area contributed by atoms with Crippen molar-refractivity contribution in [3.8, 4) is 6.07 Å². The highest BCUT2D eigenvalue weighted by Crippen LogP contribution is 2.33. The highest BCUT2D eigenvalue weighted by Gasteiger charge is 2.28. The molecule has 1 aliphatic rings. The van der Waals surface area contributed by atoms with Crippen molar-refractivity contribution in [3.05, 3.63) is 52.3 Å². The van der Waals surface area contributed by atoms with E-state index in [0.717, 1.165) is 30.6 Å². The number of hydrogen-bond donors (Lipinski definition) is 1. The minimum atomic E-state index is -0.367. The number of H-pyrrole nitrogens is 1. The zero-order chi connectivity index (χ0) is 16.7. The molecule has 7 nitrogen and oxygen atoms in total. The Hall–Kier alpha value is -3.14. The van der Waals surface area contributed by atoms with Crippen LogP contribution in [0.5, 0.6) is 0 Å².